The summed E-state index contributed by atoms with van der Waals surface area (Å²) in [5, 5.41) is 0. The molecule has 2 aromatic rings. The van der Waals surface area contributed by atoms with Gasteiger partial charge in [0.05, 0.1) is 4.90 Å². The second-order valence-electron chi connectivity index (χ2n) is 4.72. The van der Waals surface area contributed by atoms with Crippen LogP contribution in [-0.4, -0.2) is 28.8 Å². The van der Waals surface area contributed by atoms with E-state index in [4.69, 9.17) is 0 Å². The first kappa shape index (κ1) is 15.7. The molecule has 0 unspecified atom stereocenters. The van der Waals surface area contributed by atoms with Crippen LogP contribution >= 0.6 is 11.8 Å². The number of rotatable bonds is 5. The van der Waals surface area contributed by atoms with Crippen LogP contribution in [0.1, 0.15) is 0 Å². The molecule has 112 valence electrons. The molecule has 2 aromatic carbocycles. The molecule has 0 aliphatic heterocycles. The van der Waals surface area contributed by atoms with Crippen LogP contribution in [0, 0.1) is 0 Å². The Morgan fingerprint density at radius 1 is 0.952 bits per heavy atom. The minimum absolute atomic E-state index is 0.261. The quantitative estimate of drug-likeness (QED) is 0.858. The fraction of sp³-hybridized carbons (Fsp3) is 0.200. The van der Waals surface area contributed by atoms with Crippen LogP contribution in [0.15, 0.2) is 58.3 Å². The van der Waals surface area contributed by atoms with Crippen LogP contribution in [0.4, 0.5) is 11.4 Å². The molecule has 6 heteroatoms. The zero-order valence-corrected chi connectivity index (χ0v) is 13.8. The Kier molecular flexibility index (Phi) is 4.80. The van der Waals surface area contributed by atoms with Gasteiger partial charge in [0.15, 0.2) is 0 Å². The lowest BCUT2D eigenvalue weighted by molar-refractivity contribution is 0.601. The summed E-state index contributed by atoms with van der Waals surface area (Å²) in [4.78, 5) is 3.25. The Labute approximate surface area is 130 Å². The van der Waals surface area contributed by atoms with Gasteiger partial charge >= 0.3 is 0 Å². The highest BCUT2D eigenvalue weighted by molar-refractivity contribution is 7.98. The molecule has 0 aromatic heterocycles. The summed E-state index contributed by atoms with van der Waals surface area (Å²) < 4.78 is 27.2. The Morgan fingerprint density at radius 2 is 1.52 bits per heavy atom. The van der Waals surface area contributed by atoms with Gasteiger partial charge in [-0.2, -0.15) is 0 Å². The lowest BCUT2D eigenvalue weighted by Gasteiger charge is -2.13. The average Bonchev–Trinajstić information content (AvgIpc) is 2.47. The molecule has 0 heterocycles. The van der Waals surface area contributed by atoms with Gasteiger partial charge < -0.3 is 4.90 Å². The Morgan fingerprint density at radius 3 is 2.00 bits per heavy atom. The van der Waals surface area contributed by atoms with Gasteiger partial charge in [-0.3, -0.25) is 4.72 Å². The summed E-state index contributed by atoms with van der Waals surface area (Å²) in [6.07, 6.45) is 1.95. The van der Waals surface area contributed by atoms with Gasteiger partial charge in [0, 0.05) is 30.4 Å². The van der Waals surface area contributed by atoms with Crippen LogP contribution in [-0.2, 0) is 10.0 Å². The van der Waals surface area contributed by atoms with Gasteiger partial charge in [-0.05, 0) is 54.8 Å². The van der Waals surface area contributed by atoms with Crippen molar-refractivity contribution in [2.75, 3.05) is 30.0 Å². The molecule has 1 N–H and O–H groups in total. The predicted octanol–water partition coefficient (Wildman–Crippen LogP) is 3.28. The van der Waals surface area contributed by atoms with Crippen molar-refractivity contribution in [1.29, 1.82) is 0 Å². The summed E-state index contributed by atoms with van der Waals surface area (Å²) in [6, 6.07) is 14.1. The first-order valence-corrected chi connectivity index (χ1v) is 9.07. The van der Waals surface area contributed by atoms with E-state index in [0.29, 0.717) is 5.69 Å². The van der Waals surface area contributed by atoms with E-state index in [-0.39, 0.29) is 4.90 Å². The van der Waals surface area contributed by atoms with Gasteiger partial charge in [0.1, 0.15) is 0 Å². The van der Waals surface area contributed by atoms with Crippen LogP contribution in [0.3, 0.4) is 0 Å². The standard InChI is InChI=1S/C15H18N2O2S2/c1-17(2)13-6-4-12(5-7-13)16-21(18,19)15-10-8-14(20-3)9-11-15/h4-11,16H,1-3H3. The molecule has 0 aliphatic rings. The second-order valence-corrected chi connectivity index (χ2v) is 7.28. The number of benzene rings is 2. The third-order valence-electron chi connectivity index (χ3n) is 3.01. The topological polar surface area (TPSA) is 49.4 Å². The van der Waals surface area contributed by atoms with E-state index >= 15 is 0 Å². The largest absolute Gasteiger partial charge is 0.378 e. The summed E-state index contributed by atoms with van der Waals surface area (Å²) in [6.45, 7) is 0. The normalized spacial score (nSPS) is 11.2. The van der Waals surface area contributed by atoms with Gasteiger partial charge in [0.25, 0.3) is 10.0 Å². The number of sulfonamides is 1. The number of thioether (sulfide) groups is 1. The van der Waals surface area contributed by atoms with Crippen LogP contribution < -0.4 is 9.62 Å². The van der Waals surface area contributed by atoms with Crippen molar-refractivity contribution < 1.29 is 8.42 Å². The first-order chi connectivity index (χ1) is 9.92. The summed E-state index contributed by atoms with van der Waals surface area (Å²) in [5.41, 5.74) is 1.57. The second kappa shape index (κ2) is 6.41. The molecule has 0 spiro atoms. The Hall–Kier alpha value is -1.66. The third kappa shape index (κ3) is 3.92. The van der Waals surface area contributed by atoms with E-state index in [1.165, 1.54) is 0 Å². The summed E-state index contributed by atoms with van der Waals surface area (Å²) >= 11 is 1.58. The number of nitrogens with zero attached hydrogens (tertiary/aromatic N) is 1. The summed E-state index contributed by atoms with van der Waals surface area (Å²) in [7, 11) is 0.330. The minimum Gasteiger partial charge on any atom is -0.378 e. The predicted molar refractivity (Wildman–Crippen MR) is 89.8 cm³/mol. The Balaban J connectivity index is 2.19. The van der Waals surface area contributed by atoms with Crippen LogP contribution in [0.2, 0.25) is 0 Å². The highest BCUT2D eigenvalue weighted by Gasteiger charge is 2.13. The minimum atomic E-state index is -3.54. The molecule has 0 saturated heterocycles. The lowest BCUT2D eigenvalue weighted by Crippen LogP contribution is -2.13. The lowest BCUT2D eigenvalue weighted by atomic mass is 10.3. The monoisotopic (exact) mass is 322 g/mol. The highest BCUT2D eigenvalue weighted by atomic mass is 32.2. The fourth-order valence-electron chi connectivity index (χ4n) is 1.80. The van der Waals surface area contributed by atoms with E-state index in [0.717, 1.165) is 10.6 Å². The summed E-state index contributed by atoms with van der Waals surface area (Å²) in [5.74, 6) is 0. The zero-order chi connectivity index (χ0) is 15.5. The SMILES string of the molecule is CSc1ccc(S(=O)(=O)Nc2ccc(N(C)C)cc2)cc1. The van der Waals surface area contributed by atoms with Crippen molar-refractivity contribution in [3.05, 3.63) is 48.5 Å². The molecule has 2 rings (SSSR count). The Bertz CT molecular complexity index is 693. The van der Waals surface area contributed by atoms with Gasteiger partial charge in [0.2, 0.25) is 0 Å². The third-order valence-corrected chi connectivity index (χ3v) is 5.15. The maximum Gasteiger partial charge on any atom is 0.261 e. The van der Waals surface area contributed by atoms with Crippen molar-refractivity contribution >= 4 is 33.2 Å². The molecule has 0 aliphatic carbocycles. The first-order valence-electron chi connectivity index (χ1n) is 6.36. The van der Waals surface area contributed by atoms with Gasteiger partial charge in [-0.25, -0.2) is 8.42 Å². The van der Waals surface area contributed by atoms with E-state index in [1.807, 2.05) is 37.4 Å². The van der Waals surface area contributed by atoms with E-state index in [2.05, 4.69) is 4.72 Å². The van der Waals surface area contributed by atoms with Crippen LogP contribution in [0.25, 0.3) is 0 Å². The van der Waals surface area contributed by atoms with E-state index < -0.39 is 10.0 Å². The molecule has 21 heavy (non-hydrogen) atoms. The number of hydrogen-bond acceptors (Lipinski definition) is 4. The maximum absolute atomic E-state index is 12.3. The zero-order valence-electron chi connectivity index (χ0n) is 12.2. The molecule has 0 amide bonds. The molecule has 0 fully saturated rings. The number of hydrogen-bond donors (Lipinski definition) is 1. The van der Waals surface area contributed by atoms with E-state index in [9.17, 15) is 8.42 Å². The maximum atomic E-state index is 12.3. The fourth-order valence-corrected chi connectivity index (χ4v) is 3.26. The number of anilines is 2. The van der Waals surface area contributed by atoms with Crippen molar-refractivity contribution in [3.8, 4) is 0 Å². The molecule has 4 nitrogen and oxygen atoms in total. The van der Waals surface area contributed by atoms with E-state index in [1.54, 1.807) is 48.2 Å². The molecular weight excluding hydrogens is 304 g/mol. The van der Waals surface area contributed by atoms with Crippen molar-refractivity contribution in [1.82, 2.24) is 0 Å². The molecule has 0 saturated carbocycles. The van der Waals surface area contributed by atoms with Crippen molar-refractivity contribution in [3.63, 3.8) is 0 Å². The average molecular weight is 322 g/mol. The highest BCUT2D eigenvalue weighted by Crippen LogP contribution is 2.21. The van der Waals surface area contributed by atoms with Crippen molar-refractivity contribution in [2.24, 2.45) is 0 Å². The van der Waals surface area contributed by atoms with Crippen molar-refractivity contribution in [2.45, 2.75) is 9.79 Å². The molecule has 0 bridgehead atoms. The van der Waals surface area contributed by atoms with Gasteiger partial charge in [-0.1, -0.05) is 0 Å². The molecule has 0 atom stereocenters. The van der Waals surface area contributed by atoms with Crippen LogP contribution in [0.5, 0.6) is 0 Å². The number of nitrogens with one attached hydrogen (secondary N) is 1. The van der Waals surface area contributed by atoms with Gasteiger partial charge in [-0.15, -0.1) is 11.8 Å². The molecular formula is C15H18N2O2S2. The molecule has 0 radical (unpaired) electrons. The smallest absolute Gasteiger partial charge is 0.261 e.